The number of rotatable bonds is 4. The van der Waals surface area contributed by atoms with Crippen LogP contribution in [0.15, 0.2) is 35.5 Å². The Morgan fingerprint density at radius 1 is 1.44 bits per heavy atom. The fourth-order valence-electron chi connectivity index (χ4n) is 1.45. The average Bonchev–Trinajstić information content (AvgIpc) is 2.83. The van der Waals surface area contributed by atoms with Crippen molar-refractivity contribution in [1.82, 2.24) is 10.2 Å². The standard InChI is InChI=1S/C10H11FN4O2S/c11-9-2-1-3-10(8(9)4-12)15-18(16,17)7-5-13-14-6-7/h1-3,5-6,15H,4,12H2,(H,13,14). The summed E-state index contributed by atoms with van der Waals surface area (Å²) in [5.74, 6) is -0.551. The summed E-state index contributed by atoms with van der Waals surface area (Å²) in [5.41, 5.74) is 5.63. The summed E-state index contributed by atoms with van der Waals surface area (Å²) >= 11 is 0. The van der Waals surface area contributed by atoms with Gasteiger partial charge in [-0.3, -0.25) is 9.82 Å². The van der Waals surface area contributed by atoms with Crippen LogP contribution in [0.1, 0.15) is 5.56 Å². The first-order chi connectivity index (χ1) is 8.54. The van der Waals surface area contributed by atoms with Crippen molar-refractivity contribution in [3.05, 3.63) is 42.0 Å². The normalized spacial score (nSPS) is 11.4. The molecule has 18 heavy (non-hydrogen) atoms. The lowest BCUT2D eigenvalue weighted by Crippen LogP contribution is -2.15. The molecule has 2 aromatic rings. The number of benzene rings is 1. The molecule has 0 saturated heterocycles. The number of H-pyrrole nitrogens is 1. The Labute approximate surface area is 103 Å². The Morgan fingerprint density at radius 2 is 2.22 bits per heavy atom. The van der Waals surface area contributed by atoms with Crippen LogP contribution < -0.4 is 10.5 Å². The molecule has 1 aromatic carbocycles. The van der Waals surface area contributed by atoms with E-state index in [1.807, 2.05) is 0 Å². The Morgan fingerprint density at radius 3 is 2.83 bits per heavy atom. The minimum Gasteiger partial charge on any atom is -0.326 e. The van der Waals surface area contributed by atoms with Crippen LogP contribution in [0.3, 0.4) is 0 Å². The second-order valence-corrected chi connectivity index (χ2v) is 5.19. The number of hydrogen-bond acceptors (Lipinski definition) is 4. The fraction of sp³-hybridized carbons (Fsp3) is 0.100. The second kappa shape index (κ2) is 4.75. The van der Waals surface area contributed by atoms with E-state index >= 15 is 0 Å². The minimum absolute atomic E-state index is 0.0327. The second-order valence-electron chi connectivity index (χ2n) is 3.51. The summed E-state index contributed by atoms with van der Waals surface area (Å²) in [6.45, 7) is -0.101. The molecule has 0 bridgehead atoms. The molecule has 0 aliphatic heterocycles. The van der Waals surface area contributed by atoms with Crippen LogP contribution in [0.25, 0.3) is 0 Å². The highest BCUT2D eigenvalue weighted by Gasteiger charge is 2.17. The van der Waals surface area contributed by atoms with Gasteiger partial charge in [-0.1, -0.05) is 6.07 Å². The molecule has 4 N–H and O–H groups in total. The van der Waals surface area contributed by atoms with Crippen molar-refractivity contribution in [3.63, 3.8) is 0 Å². The van der Waals surface area contributed by atoms with Crippen molar-refractivity contribution in [2.24, 2.45) is 5.73 Å². The predicted molar refractivity (Wildman–Crippen MR) is 63.7 cm³/mol. The highest BCUT2D eigenvalue weighted by atomic mass is 32.2. The van der Waals surface area contributed by atoms with Crippen LogP contribution in [0.5, 0.6) is 0 Å². The maximum Gasteiger partial charge on any atom is 0.265 e. The Kier molecular flexibility index (Phi) is 3.30. The number of hydrogen-bond donors (Lipinski definition) is 3. The van der Waals surface area contributed by atoms with E-state index in [0.717, 1.165) is 6.20 Å². The van der Waals surface area contributed by atoms with E-state index in [4.69, 9.17) is 5.73 Å². The summed E-state index contributed by atoms with van der Waals surface area (Å²) in [4.78, 5) is -0.0327. The van der Waals surface area contributed by atoms with Gasteiger partial charge in [-0.05, 0) is 12.1 Å². The molecule has 2 rings (SSSR count). The zero-order valence-electron chi connectivity index (χ0n) is 9.22. The Balaban J connectivity index is 2.39. The van der Waals surface area contributed by atoms with Gasteiger partial charge in [-0.25, -0.2) is 12.8 Å². The molecule has 0 aliphatic carbocycles. The minimum atomic E-state index is -3.79. The zero-order valence-corrected chi connectivity index (χ0v) is 10.0. The van der Waals surface area contributed by atoms with Crippen molar-refractivity contribution < 1.29 is 12.8 Å². The molecule has 0 radical (unpaired) electrons. The molecule has 0 atom stereocenters. The average molecular weight is 270 g/mol. The summed E-state index contributed by atoms with van der Waals surface area (Å²) in [6.07, 6.45) is 2.38. The number of nitrogens with zero attached hydrogens (tertiary/aromatic N) is 1. The van der Waals surface area contributed by atoms with E-state index < -0.39 is 15.8 Å². The smallest absolute Gasteiger partial charge is 0.265 e. The molecule has 0 fully saturated rings. The highest BCUT2D eigenvalue weighted by molar-refractivity contribution is 7.92. The monoisotopic (exact) mass is 270 g/mol. The van der Waals surface area contributed by atoms with E-state index in [1.165, 1.54) is 24.4 Å². The number of anilines is 1. The number of nitrogens with one attached hydrogen (secondary N) is 2. The summed E-state index contributed by atoms with van der Waals surface area (Å²) in [7, 11) is -3.79. The van der Waals surface area contributed by atoms with Gasteiger partial charge in [0.25, 0.3) is 10.0 Å². The molecule has 0 aliphatic rings. The molecular weight excluding hydrogens is 259 g/mol. The van der Waals surface area contributed by atoms with Gasteiger partial charge in [0.15, 0.2) is 0 Å². The first kappa shape index (κ1) is 12.5. The van der Waals surface area contributed by atoms with Crippen LogP contribution in [-0.2, 0) is 16.6 Å². The van der Waals surface area contributed by atoms with E-state index in [-0.39, 0.29) is 22.7 Å². The molecule has 0 unspecified atom stereocenters. The first-order valence-corrected chi connectivity index (χ1v) is 6.52. The quantitative estimate of drug-likeness (QED) is 0.765. The van der Waals surface area contributed by atoms with Crippen LogP contribution in [0, 0.1) is 5.82 Å². The third kappa shape index (κ3) is 2.34. The van der Waals surface area contributed by atoms with Crippen LogP contribution in [0.2, 0.25) is 0 Å². The summed E-state index contributed by atoms with van der Waals surface area (Å²) in [6, 6.07) is 4.07. The maximum atomic E-state index is 13.4. The number of halogens is 1. The summed E-state index contributed by atoms with van der Waals surface area (Å²) in [5, 5.41) is 5.94. The van der Waals surface area contributed by atoms with Crippen molar-refractivity contribution in [1.29, 1.82) is 0 Å². The van der Waals surface area contributed by atoms with Crippen molar-refractivity contribution >= 4 is 15.7 Å². The third-order valence-corrected chi connectivity index (χ3v) is 3.68. The van der Waals surface area contributed by atoms with Crippen molar-refractivity contribution in [2.75, 3.05) is 4.72 Å². The molecule has 96 valence electrons. The highest BCUT2D eigenvalue weighted by Crippen LogP contribution is 2.21. The number of aromatic nitrogens is 2. The van der Waals surface area contributed by atoms with E-state index in [2.05, 4.69) is 14.9 Å². The number of sulfonamides is 1. The van der Waals surface area contributed by atoms with Crippen LogP contribution in [0.4, 0.5) is 10.1 Å². The molecule has 0 saturated carbocycles. The van der Waals surface area contributed by atoms with Gasteiger partial charge >= 0.3 is 0 Å². The van der Waals surface area contributed by atoms with Gasteiger partial charge in [0.2, 0.25) is 0 Å². The molecule has 1 aromatic heterocycles. The van der Waals surface area contributed by atoms with Gasteiger partial charge in [-0.15, -0.1) is 0 Å². The number of nitrogens with two attached hydrogens (primary N) is 1. The molecule has 0 spiro atoms. The van der Waals surface area contributed by atoms with Crippen LogP contribution in [-0.4, -0.2) is 18.6 Å². The molecule has 0 amide bonds. The predicted octanol–water partition coefficient (Wildman–Crippen LogP) is 0.808. The molecule has 1 heterocycles. The van der Waals surface area contributed by atoms with Gasteiger partial charge in [0.1, 0.15) is 10.7 Å². The third-order valence-electron chi connectivity index (χ3n) is 2.35. The number of aromatic amines is 1. The fourth-order valence-corrected chi connectivity index (χ4v) is 2.45. The maximum absolute atomic E-state index is 13.4. The van der Waals surface area contributed by atoms with Gasteiger partial charge in [-0.2, -0.15) is 5.10 Å². The van der Waals surface area contributed by atoms with Gasteiger partial charge in [0, 0.05) is 18.3 Å². The molecule has 6 nitrogen and oxygen atoms in total. The topological polar surface area (TPSA) is 101 Å². The van der Waals surface area contributed by atoms with Gasteiger partial charge in [0.05, 0.1) is 11.9 Å². The van der Waals surface area contributed by atoms with Gasteiger partial charge < -0.3 is 5.73 Å². The SMILES string of the molecule is NCc1c(F)cccc1NS(=O)(=O)c1cn[nH]c1. The summed E-state index contributed by atoms with van der Waals surface area (Å²) < 4.78 is 39.5. The lowest BCUT2D eigenvalue weighted by molar-refractivity contribution is 0.600. The first-order valence-electron chi connectivity index (χ1n) is 5.03. The lowest BCUT2D eigenvalue weighted by atomic mass is 10.2. The lowest BCUT2D eigenvalue weighted by Gasteiger charge is -2.10. The van der Waals surface area contributed by atoms with E-state index in [9.17, 15) is 12.8 Å². The largest absolute Gasteiger partial charge is 0.326 e. The Bertz CT molecular complexity index is 640. The van der Waals surface area contributed by atoms with Crippen LogP contribution >= 0.6 is 0 Å². The van der Waals surface area contributed by atoms with E-state index in [0.29, 0.717) is 0 Å². The zero-order chi connectivity index (χ0) is 13.2. The molecule has 8 heteroatoms. The Hall–Kier alpha value is -1.93. The molecular formula is C10H11FN4O2S. The van der Waals surface area contributed by atoms with Crippen molar-refractivity contribution in [2.45, 2.75) is 11.4 Å². The van der Waals surface area contributed by atoms with Crippen molar-refractivity contribution in [3.8, 4) is 0 Å². The van der Waals surface area contributed by atoms with E-state index in [1.54, 1.807) is 0 Å².